The molecule has 2 aromatic rings. The van der Waals surface area contributed by atoms with Gasteiger partial charge in [-0.05, 0) is 69.1 Å². The summed E-state index contributed by atoms with van der Waals surface area (Å²) in [6.07, 6.45) is 6.27. The van der Waals surface area contributed by atoms with Crippen LogP contribution in [0.5, 0.6) is 11.5 Å². The number of anilines is 1. The van der Waals surface area contributed by atoms with Crippen LogP contribution in [0, 0.1) is 11.2 Å². The Labute approximate surface area is 177 Å². The van der Waals surface area contributed by atoms with Gasteiger partial charge in [0.15, 0.2) is 0 Å². The minimum Gasteiger partial charge on any atom is -0.456 e. The normalized spacial score (nSPS) is 21.3. The maximum Gasteiger partial charge on any atom is 0.140 e. The first-order valence-corrected chi connectivity index (χ1v) is 10.6. The quantitative estimate of drug-likeness (QED) is 0.623. The molecular weight excluding hydrogens is 379 g/mol. The van der Waals surface area contributed by atoms with E-state index in [1.165, 1.54) is 18.3 Å². The summed E-state index contributed by atoms with van der Waals surface area (Å²) >= 11 is 0. The van der Waals surface area contributed by atoms with Crippen LogP contribution in [-0.2, 0) is 6.42 Å². The summed E-state index contributed by atoms with van der Waals surface area (Å²) in [6, 6.07) is 11.1. The molecule has 0 amide bonds. The lowest BCUT2D eigenvalue weighted by Gasteiger charge is -2.35. The Hall–Kier alpha value is -2.86. The zero-order valence-corrected chi connectivity index (χ0v) is 17.5. The van der Waals surface area contributed by atoms with E-state index in [1.54, 1.807) is 12.1 Å². The zero-order chi connectivity index (χ0) is 21.1. The Morgan fingerprint density at radius 1 is 1.23 bits per heavy atom. The smallest absolute Gasteiger partial charge is 0.140 e. The van der Waals surface area contributed by atoms with Crippen molar-refractivity contribution in [1.29, 1.82) is 5.41 Å². The van der Waals surface area contributed by atoms with Gasteiger partial charge in [-0.1, -0.05) is 0 Å². The van der Waals surface area contributed by atoms with Crippen molar-refractivity contribution in [2.24, 2.45) is 0 Å². The monoisotopic (exact) mass is 408 g/mol. The molecule has 0 aromatic heterocycles. The number of hydrogen-bond donors (Lipinski definition) is 3. The van der Waals surface area contributed by atoms with Crippen LogP contribution in [0.1, 0.15) is 30.9 Å². The largest absolute Gasteiger partial charge is 0.456 e. The van der Waals surface area contributed by atoms with E-state index in [-0.39, 0.29) is 5.82 Å². The van der Waals surface area contributed by atoms with Crippen LogP contribution >= 0.6 is 0 Å². The van der Waals surface area contributed by atoms with Crippen LogP contribution in [0.3, 0.4) is 0 Å². The fourth-order valence-corrected chi connectivity index (χ4v) is 4.14. The molecule has 2 aliphatic heterocycles. The van der Waals surface area contributed by atoms with Crippen molar-refractivity contribution in [2.75, 3.05) is 25.0 Å². The minimum atomic E-state index is -0.291. The number of rotatable bonds is 6. The highest BCUT2D eigenvalue weighted by molar-refractivity contribution is 6.09. The number of allylic oxidation sites excluding steroid dienone is 1. The molecule has 0 spiro atoms. The van der Waals surface area contributed by atoms with Crippen molar-refractivity contribution in [3.8, 4) is 11.5 Å². The van der Waals surface area contributed by atoms with E-state index in [0.717, 1.165) is 60.5 Å². The zero-order valence-electron chi connectivity index (χ0n) is 17.5. The summed E-state index contributed by atoms with van der Waals surface area (Å²) in [5.41, 5.74) is 3.91. The van der Waals surface area contributed by atoms with Crippen LogP contribution in [0.4, 0.5) is 10.1 Å². The van der Waals surface area contributed by atoms with Crippen LogP contribution < -0.4 is 20.3 Å². The number of halogens is 1. The molecule has 2 atom stereocenters. The molecule has 0 aliphatic carbocycles. The van der Waals surface area contributed by atoms with Crippen LogP contribution in [0.2, 0.25) is 0 Å². The summed E-state index contributed by atoms with van der Waals surface area (Å²) in [7, 11) is 2.10. The molecule has 158 valence electrons. The molecule has 30 heavy (non-hydrogen) atoms. The van der Waals surface area contributed by atoms with Gasteiger partial charge in [0.25, 0.3) is 0 Å². The van der Waals surface area contributed by atoms with Gasteiger partial charge >= 0.3 is 0 Å². The predicted molar refractivity (Wildman–Crippen MR) is 120 cm³/mol. The van der Waals surface area contributed by atoms with Crippen LogP contribution in [-0.4, -0.2) is 38.4 Å². The van der Waals surface area contributed by atoms with Gasteiger partial charge in [-0.2, -0.15) is 0 Å². The van der Waals surface area contributed by atoms with E-state index in [2.05, 4.69) is 35.6 Å². The fraction of sp³-hybridized carbons (Fsp3) is 0.375. The summed E-state index contributed by atoms with van der Waals surface area (Å²) in [5.74, 6) is 1.05. The van der Waals surface area contributed by atoms with E-state index in [4.69, 9.17) is 10.1 Å². The molecule has 1 saturated heterocycles. The van der Waals surface area contributed by atoms with Crippen LogP contribution in [0.15, 0.2) is 42.6 Å². The second-order valence-electron chi connectivity index (χ2n) is 8.09. The molecule has 5 nitrogen and oxygen atoms in total. The molecule has 4 rings (SSSR count). The van der Waals surface area contributed by atoms with Gasteiger partial charge in [0, 0.05) is 60.5 Å². The molecule has 3 N–H and O–H groups in total. The third-order valence-electron chi connectivity index (χ3n) is 6.12. The molecule has 0 bridgehead atoms. The minimum absolute atomic E-state index is 0.291. The molecule has 2 aliphatic rings. The second kappa shape index (κ2) is 8.88. The Morgan fingerprint density at radius 2 is 2.03 bits per heavy atom. The molecule has 0 saturated carbocycles. The summed E-state index contributed by atoms with van der Waals surface area (Å²) in [6.45, 7) is 4.15. The Kier molecular flexibility index (Phi) is 6.04. The molecule has 2 unspecified atom stereocenters. The van der Waals surface area contributed by atoms with Crippen LogP contribution in [0.25, 0.3) is 5.57 Å². The van der Waals surface area contributed by atoms with Gasteiger partial charge in [0.1, 0.15) is 17.3 Å². The number of ether oxygens (including phenoxy) is 1. The highest BCUT2D eigenvalue weighted by atomic mass is 19.1. The molecule has 1 fully saturated rings. The standard InChI is InChI=1S/C24H29FN4O/c1-16-3-8-22-23(29(16)2)10-9-21(17(13-26)14-28-19-11-12-27-15-19)24(22)30-20-6-4-18(25)5-7-20/h4-7,9-10,13-14,16,19,26-28H,3,8,11-12,15H2,1-2H3/b17-14+,26-13?. The Balaban J connectivity index is 1.75. The number of hydrogen-bond acceptors (Lipinski definition) is 5. The van der Waals surface area contributed by atoms with Gasteiger partial charge in [0.05, 0.1) is 0 Å². The van der Waals surface area contributed by atoms with Crippen molar-refractivity contribution in [1.82, 2.24) is 10.6 Å². The SMILES string of the molecule is CC1CCc2c(ccc(/C(C=N)=C/NC3CCNC3)c2Oc2ccc(F)cc2)N1C. The summed E-state index contributed by atoms with van der Waals surface area (Å²) in [5, 5.41) is 14.8. The lowest BCUT2D eigenvalue weighted by Crippen LogP contribution is -2.33. The Bertz CT molecular complexity index is 935. The summed E-state index contributed by atoms with van der Waals surface area (Å²) < 4.78 is 19.7. The number of nitrogens with zero attached hydrogens (tertiary/aromatic N) is 1. The topological polar surface area (TPSA) is 60.4 Å². The van der Waals surface area contributed by atoms with Gasteiger partial charge in [-0.25, -0.2) is 4.39 Å². The third-order valence-corrected chi connectivity index (χ3v) is 6.12. The highest BCUT2D eigenvalue weighted by Gasteiger charge is 2.26. The average Bonchev–Trinajstić information content (AvgIpc) is 3.27. The van der Waals surface area contributed by atoms with E-state index < -0.39 is 0 Å². The number of benzene rings is 2. The maximum absolute atomic E-state index is 13.4. The van der Waals surface area contributed by atoms with Crippen molar-refractivity contribution >= 4 is 17.5 Å². The predicted octanol–water partition coefficient (Wildman–Crippen LogP) is 4.33. The van der Waals surface area contributed by atoms with E-state index in [9.17, 15) is 4.39 Å². The van der Waals surface area contributed by atoms with E-state index in [0.29, 0.717) is 17.8 Å². The maximum atomic E-state index is 13.4. The lowest BCUT2D eigenvalue weighted by molar-refractivity contribution is 0.466. The molecule has 0 radical (unpaired) electrons. The first kappa shape index (κ1) is 20.4. The van der Waals surface area contributed by atoms with Crippen molar-refractivity contribution in [2.45, 2.75) is 38.3 Å². The highest BCUT2D eigenvalue weighted by Crippen LogP contribution is 2.42. The van der Waals surface area contributed by atoms with Gasteiger partial charge < -0.3 is 25.7 Å². The van der Waals surface area contributed by atoms with Gasteiger partial charge in [-0.15, -0.1) is 0 Å². The first-order valence-electron chi connectivity index (χ1n) is 10.6. The molecule has 2 aromatic carbocycles. The lowest BCUT2D eigenvalue weighted by atomic mass is 9.92. The average molecular weight is 409 g/mol. The Morgan fingerprint density at radius 3 is 2.73 bits per heavy atom. The van der Waals surface area contributed by atoms with Crippen molar-refractivity contribution in [3.05, 3.63) is 59.5 Å². The third kappa shape index (κ3) is 4.19. The molecule has 2 heterocycles. The second-order valence-corrected chi connectivity index (χ2v) is 8.09. The fourth-order valence-electron chi connectivity index (χ4n) is 4.14. The summed E-state index contributed by atoms with van der Waals surface area (Å²) in [4.78, 5) is 2.27. The number of nitrogens with one attached hydrogen (secondary N) is 3. The van der Waals surface area contributed by atoms with Crippen molar-refractivity contribution in [3.63, 3.8) is 0 Å². The van der Waals surface area contributed by atoms with Gasteiger partial charge in [-0.3, -0.25) is 0 Å². The van der Waals surface area contributed by atoms with Crippen molar-refractivity contribution < 1.29 is 9.13 Å². The van der Waals surface area contributed by atoms with E-state index in [1.807, 2.05) is 12.3 Å². The number of fused-ring (bicyclic) bond motifs is 1. The van der Waals surface area contributed by atoms with Gasteiger partial charge in [0.2, 0.25) is 0 Å². The molecular formula is C24H29FN4O. The molecule has 6 heteroatoms. The first-order chi connectivity index (χ1) is 14.6. The van der Waals surface area contributed by atoms with E-state index >= 15 is 0 Å².